The second kappa shape index (κ2) is 10.9. The summed E-state index contributed by atoms with van der Waals surface area (Å²) in [6.07, 6.45) is 1.94. The van der Waals surface area contributed by atoms with Crippen molar-refractivity contribution in [1.82, 2.24) is 4.90 Å². The van der Waals surface area contributed by atoms with Gasteiger partial charge < -0.3 is 14.8 Å². The fraction of sp³-hybridized carbons (Fsp3) is 0.273. The van der Waals surface area contributed by atoms with Crippen molar-refractivity contribution in [3.63, 3.8) is 0 Å². The van der Waals surface area contributed by atoms with Crippen molar-refractivity contribution in [3.05, 3.63) is 59.7 Å². The zero-order valence-corrected chi connectivity index (χ0v) is 18.3. The number of para-hydroxylation sites is 2. The standard InChI is InChI=1S/C22H20F2N2O6S/c1-33-11-10-16(26-19(28)13-6-2-3-7-14(13)20(26)29)21(30)31-12-18(27)25-15-8-4-5-9-17(15)32-22(23)24/h2-9,16,22H,10-12H2,1H3,(H,25,27)/t16-/m0/s1. The van der Waals surface area contributed by atoms with Gasteiger partial charge in [-0.3, -0.25) is 19.3 Å². The Kier molecular flexibility index (Phi) is 7.99. The summed E-state index contributed by atoms with van der Waals surface area (Å²) in [4.78, 5) is 51.4. The molecule has 1 heterocycles. The van der Waals surface area contributed by atoms with E-state index in [0.29, 0.717) is 5.75 Å². The number of rotatable bonds is 10. The van der Waals surface area contributed by atoms with Crippen molar-refractivity contribution in [2.75, 3.05) is 23.9 Å². The van der Waals surface area contributed by atoms with Crippen LogP contribution >= 0.6 is 11.8 Å². The predicted octanol–water partition coefficient (Wildman–Crippen LogP) is 3.19. The molecular weight excluding hydrogens is 458 g/mol. The van der Waals surface area contributed by atoms with Crippen LogP contribution in [0.3, 0.4) is 0 Å². The van der Waals surface area contributed by atoms with Crippen LogP contribution in [0, 0.1) is 0 Å². The van der Waals surface area contributed by atoms with Gasteiger partial charge in [0.15, 0.2) is 6.61 Å². The zero-order valence-electron chi connectivity index (χ0n) is 17.5. The molecule has 3 rings (SSSR count). The third-order valence-corrected chi connectivity index (χ3v) is 5.37. The van der Waals surface area contributed by atoms with E-state index in [9.17, 15) is 28.0 Å². The van der Waals surface area contributed by atoms with E-state index in [4.69, 9.17) is 4.74 Å². The number of benzene rings is 2. The molecular formula is C22H20F2N2O6S. The van der Waals surface area contributed by atoms with E-state index < -0.39 is 43.0 Å². The highest BCUT2D eigenvalue weighted by molar-refractivity contribution is 7.98. The van der Waals surface area contributed by atoms with Crippen molar-refractivity contribution in [1.29, 1.82) is 0 Å². The molecule has 0 saturated carbocycles. The number of nitrogens with one attached hydrogen (secondary N) is 1. The topological polar surface area (TPSA) is 102 Å². The van der Waals surface area contributed by atoms with Gasteiger partial charge in [0.1, 0.15) is 11.8 Å². The molecule has 1 aliphatic rings. The largest absolute Gasteiger partial charge is 0.454 e. The van der Waals surface area contributed by atoms with Crippen LogP contribution in [0.25, 0.3) is 0 Å². The maximum Gasteiger partial charge on any atom is 0.387 e. The molecule has 0 saturated heterocycles. The van der Waals surface area contributed by atoms with Crippen LogP contribution in [-0.2, 0) is 14.3 Å². The zero-order chi connectivity index (χ0) is 24.0. The minimum Gasteiger partial charge on any atom is -0.454 e. The molecule has 1 atom stereocenters. The summed E-state index contributed by atoms with van der Waals surface area (Å²) in [5.41, 5.74) is 0.355. The van der Waals surface area contributed by atoms with Gasteiger partial charge in [0.25, 0.3) is 17.7 Å². The molecule has 3 amide bonds. The first-order valence-electron chi connectivity index (χ1n) is 9.79. The molecule has 174 valence electrons. The van der Waals surface area contributed by atoms with Crippen LogP contribution in [0.1, 0.15) is 27.1 Å². The Morgan fingerprint density at radius 1 is 1.03 bits per heavy atom. The number of carbonyl (C=O) groups is 4. The Labute approximate surface area is 192 Å². The van der Waals surface area contributed by atoms with E-state index in [1.54, 1.807) is 18.4 Å². The first-order valence-corrected chi connectivity index (χ1v) is 11.2. The number of halogens is 2. The predicted molar refractivity (Wildman–Crippen MR) is 116 cm³/mol. The number of esters is 1. The van der Waals surface area contributed by atoms with Crippen LogP contribution in [0.4, 0.5) is 14.5 Å². The summed E-state index contributed by atoms with van der Waals surface area (Å²) < 4.78 is 34.5. The molecule has 2 aromatic rings. The average molecular weight is 478 g/mol. The summed E-state index contributed by atoms with van der Waals surface area (Å²) in [5, 5.41) is 2.33. The van der Waals surface area contributed by atoms with Gasteiger partial charge in [0.05, 0.1) is 16.8 Å². The molecule has 0 spiro atoms. The summed E-state index contributed by atoms with van der Waals surface area (Å²) in [7, 11) is 0. The number of fused-ring (bicyclic) bond motifs is 1. The first kappa shape index (κ1) is 24.2. The molecule has 8 nitrogen and oxygen atoms in total. The smallest absolute Gasteiger partial charge is 0.387 e. The first-order chi connectivity index (χ1) is 15.8. The lowest BCUT2D eigenvalue weighted by Gasteiger charge is -2.24. The number of hydrogen-bond donors (Lipinski definition) is 1. The lowest BCUT2D eigenvalue weighted by molar-refractivity contribution is -0.151. The van der Waals surface area contributed by atoms with Crippen molar-refractivity contribution < 1.29 is 37.4 Å². The number of carbonyl (C=O) groups excluding carboxylic acids is 4. The third-order valence-electron chi connectivity index (χ3n) is 4.73. The van der Waals surface area contributed by atoms with Gasteiger partial charge in [-0.05, 0) is 42.7 Å². The summed E-state index contributed by atoms with van der Waals surface area (Å²) in [6.45, 7) is -3.83. The molecule has 0 aliphatic carbocycles. The molecule has 0 unspecified atom stereocenters. The third kappa shape index (κ3) is 5.67. The maximum absolute atomic E-state index is 12.8. The van der Waals surface area contributed by atoms with Gasteiger partial charge in [-0.25, -0.2) is 4.79 Å². The molecule has 0 fully saturated rings. The van der Waals surface area contributed by atoms with Gasteiger partial charge in [0, 0.05) is 0 Å². The Morgan fingerprint density at radius 2 is 1.64 bits per heavy atom. The molecule has 2 aromatic carbocycles. The lowest BCUT2D eigenvalue weighted by Crippen LogP contribution is -2.46. The van der Waals surface area contributed by atoms with Crippen LogP contribution in [0.2, 0.25) is 0 Å². The normalized spacial score (nSPS) is 13.6. The van der Waals surface area contributed by atoms with Crippen LogP contribution in [-0.4, -0.2) is 59.9 Å². The number of thioether (sulfide) groups is 1. The van der Waals surface area contributed by atoms with Crippen molar-refractivity contribution in [3.8, 4) is 5.75 Å². The maximum atomic E-state index is 12.8. The summed E-state index contributed by atoms with van der Waals surface area (Å²) >= 11 is 1.41. The van der Waals surface area contributed by atoms with Crippen LogP contribution in [0.15, 0.2) is 48.5 Å². The van der Waals surface area contributed by atoms with Crippen LogP contribution in [0.5, 0.6) is 5.75 Å². The monoisotopic (exact) mass is 478 g/mol. The van der Waals surface area contributed by atoms with E-state index in [-0.39, 0.29) is 29.0 Å². The Bertz CT molecular complexity index is 1030. The highest BCUT2D eigenvalue weighted by atomic mass is 32.2. The molecule has 33 heavy (non-hydrogen) atoms. The minimum atomic E-state index is -3.09. The average Bonchev–Trinajstić information content (AvgIpc) is 3.04. The Balaban J connectivity index is 1.68. The fourth-order valence-electron chi connectivity index (χ4n) is 3.26. The number of hydrogen-bond acceptors (Lipinski definition) is 7. The molecule has 0 aromatic heterocycles. The molecule has 0 radical (unpaired) electrons. The number of ether oxygens (including phenoxy) is 2. The van der Waals surface area contributed by atoms with Gasteiger partial charge in [0.2, 0.25) is 0 Å². The Hall–Kier alpha value is -3.47. The lowest BCUT2D eigenvalue weighted by atomic mass is 10.1. The van der Waals surface area contributed by atoms with Gasteiger partial charge in [-0.15, -0.1) is 0 Å². The minimum absolute atomic E-state index is 0.0295. The second-order valence-electron chi connectivity index (χ2n) is 6.85. The summed E-state index contributed by atoms with van der Waals surface area (Å²) in [5.74, 6) is -2.75. The number of amides is 3. The van der Waals surface area contributed by atoms with Gasteiger partial charge in [-0.1, -0.05) is 24.3 Å². The number of anilines is 1. The second-order valence-corrected chi connectivity index (χ2v) is 7.84. The number of alkyl halides is 2. The van der Waals surface area contributed by atoms with E-state index in [2.05, 4.69) is 10.1 Å². The van der Waals surface area contributed by atoms with E-state index >= 15 is 0 Å². The van der Waals surface area contributed by atoms with E-state index in [1.165, 1.54) is 48.2 Å². The quantitative estimate of drug-likeness (QED) is 0.413. The molecule has 11 heteroatoms. The SMILES string of the molecule is CSCC[C@@H](C(=O)OCC(=O)Nc1ccccc1OC(F)F)N1C(=O)c2ccccc2C1=O. The Morgan fingerprint density at radius 3 is 2.24 bits per heavy atom. The fourth-order valence-corrected chi connectivity index (χ4v) is 3.72. The number of nitrogens with zero attached hydrogens (tertiary/aromatic N) is 1. The molecule has 1 N–H and O–H groups in total. The van der Waals surface area contributed by atoms with E-state index in [0.717, 1.165) is 4.90 Å². The molecule has 1 aliphatic heterocycles. The molecule has 0 bridgehead atoms. The van der Waals surface area contributed by atoms with Gasteiger partial charge >= 0.3 is 12.6 Å². The van der Waals surface area contributed by atoms with Crippen molar-refractivity contribution in [2.24, 2.45) is 0 Å². The highest BCUT2D eigenvalue weighted by Crippen LogP contribution is 2.27. The highest BCUT2D eigenvalue weighted by Gasteiger charge is 2.43. The summed E-state index contributed by atoms with van der Waals surface area (Å²) in [6, 6.07) is 10.5. The van der Waals surface area contributed by atoms with Gasteiger partial charge in [-0.2, -0.15) is 20.5 Å². The number of imide groups is 1. The van der Waals surface area contributed by atoms with E-state index in [1.807, 2.05) is 0 Å². The van der Waals surface area contributed by atoms with Crippen molar-refractivity contribution in [2.45, 2.75) is 19.1 Å². The van der Waals surface area contributed by atoms with Crippen LogP contribution < -0.4 is 10.1 Å². The van der Waals surface area contributed by atoms with Crippen molar-refractivity contribution >= 4 is 41.1 Å².